The summed E-state index contributed by atoms with van der Waals surface area (Å²) in [5, 5.41) is 0.524. The van der Waals surface area contributed by atoms with Crippen LogP contribution in [0.4, 0.5) is 16.9 Å². The Kier molecular flexibility index (Phi) is 5.34. The van der Waals surface area contributed by atoms with Crippen molar-refractivity contribution < 1.29 is 4.74 Å². The fourth-order valence-corrected chi connectivity index (χ4v) is 4.35. The molecule has 5 rings (SSSR count). The molecular formula is C21H24N8OS. The zero-order valence-electron chi connectivity index (χ0n) is 17.4. The Hall–Kier alpha value is -3.50. The highest BCUT2D eigenvalue weighted by atomic mass is 32.1. The number of aromatic nitrogens is 4. The molecule has 0 fully saturated rings. The minimum Gasteiger partial charge on any atom is -0.491 e. The highest BCUT2D eigenvalue weighted by molar-refractivity contribution is 7.21. The Morgan fingerprint density at radius 3 is 2.74 bits per heavy atom. The summed E-state index contributed by atoms with van der Waals surface area (Å²) in [5.74, 6) is 2.02. The second-order valence-corrected chi connectivity index (χ2v) is 8.32. The summed E-state index contributed by atoms with van der Waals surface area (Å²) >= 11 is 1.39. The molecule has 10 heteroatoms. The molecule has 0 amide bonds. The van der Waals surface area contributed by atoms with Crippen molar-refractivity contribution in [3.63, 3.8) is 0 Å². The van der Waals surface area contributed by atoms with Gasteiger partial charge in [0.1, 0.15) is 28.5 Å². The number of pyridine rings is 1. The summed E-state index contributed by atoms with van der Waals surface area (Å²) in [7, 11) is 0. The molecule has 0 radical (unpaired) electrons. The summed E-state index contributed by atoms with van der Waals surface area (Å²) in [6, 6.07) is 8.22. The largest absolute Gasteiger partial charge is 0.491 e. The zero-order valence-corrected chi connectivity index (χ0v) is 18.2. The lowest BCUT2D eigenvalue weighted by atomic mass is 10.0. The first-order valence-corrected chi connectivity index (χ1v) is 10.4. The number of fused-ring (bicyclic) bond motifs is 2. The average molecular weight is 437 g/mol. The van der Waals surface area contributed by atoms with E-state index in [0.29, 0.717) is 24.8 Å². The molecule has 1 aliphatic rings. The van der Waals surface area contributed by atoms with Crippen LogP contribution in [-0.4, -0.2) is 33.1 Å². The van der Waals surface area contributed by atoms with Gasteiger partial charge in [-0.25, -0.2) is 15.0 Å². The number of aryl methyl sites for hydroxylation is 1. The van der Waals surface area contributed by atoms with Crippen LogP contribution in [0.15, 0.2) is 30.5 Å². The fraction of sp³-hybridized carbons (Fsp3) is 0.238. The average Bonchev–Trinajstić information content (AvgIpc) is 2.96. The SMILES string of the molecule is Cc1nc(N)nc(N2CCOc3ccc(-c4cnc5sc(N)nc5c4)cc3C2)c1C.N. The number of benzene rings is 1. The van der Waals surface area contributed by atoms with Crippen LogP contribution >= 0.6 is 11.3 Å². The maximum atomic E-state index is 6.01. The zero-order chi connectivity index (χ0) is 20.8. The third-order valence-corrected chi connectivity index (χ3v) is 6.13. The van der Waals surface area contributed by atoms with Crippen LogP contribution in [-0.2, 0) is 6.54 Å². The van der Waals surface area contributed by atoms with Gasteiger partial charge >= 0.3 is 0 Å². The lowest BCUT2D eigenvalue weighted by molar-refractivity contribution is 0.331. The topological polar surface area (TPSA) is 151 Å². The lowest BCUT2D eigenvalue weighted by Gasteiger charge is -2.23. The number of ether oxygens (including phenoxy) is 1. The number of hydrogen-bond acceptors (Lipinski definition) is 10. The van der Waals surface area contributed by atoms with Crippen molar-refractivity contribution in [2.24, 2.45) is 0 Å². The van der Waals surface area contributed by atoms with Crippen LogP contribution in [0.3, 0.4) is 0 Å². The summed E-state index contributed by atoms with van der Waals surface area (Å²) < 4.78 is 6.01. The van der Waals surface area contributed by atoms with E-state index in [4.69, 9.17) is 16.2 Å². The molecular weight excluding hydrogens is 412 g/mol. The molecule has 0 unspecified atom stereocenters. The Morgan fingerprint density at radius 2 is 1.90 bits per heavy atom. The Bertz CT molecular complexity index is 1270. The van der Waals surface area contributed by atoms with Crippen LogP contribution in [0, 0.1) is 13.8 Å². The van der Waals surface area contributed by atoms with Gasteiger partial charge in [-0.1, -0.05) is 17.4 Å². The molecule has 0 saturated heterocycles. The molecule has 1 aromatic carbocycles. The Balaban J connectivity index is 0.00000231. The number of anilines is 3. The minimum absolute atomic E-state index is 0. The van der Waals surface area contributed by atoms with Crippen LogP contribution < -0.4 is 27.3 Å². The molecule has 31 heavy (non-hydrogen) atoms. The van der Waals surface area contributed by atoms with Crippen molar-refractivity contribution in [2.75, 3.05) is 29.5 Å². The van der Waals surface area contributed by atoms with Crippen LogP contribution in [0.2, 0.25) is 0 Å². The van der Waals surface area contributed by atoms with Gasteiger partial charge in [0.25, 0.3) is 0 Å². The van der Waals surface area contributed by atoms with Gasteiger partial charge < -0.3 is 27.3 Å². The molecule has 7 N–H and O–H groups in total. The minimum atomic E-state index is 0. The molecule has 9 nitrogen and oxygen atoms in total. The number of nitrogen functional groups attached to an aromatic ring is 2. The number of nitrogens with two attached hydrogens (primary N) is 2. The van der Waals surface area contributed by atoms with Gasteiger partial charge in [0.05, 0.1) is 6.54 Å². The predicted octanol–water partition coefficient (Wildman–Crippen LogP) is 3.49. The Labute approximate surface area is 183 Å². The first kappa shape index (κ1) is 20.8. The van der Waals surface area contributed by atoms with Gasteiger partial charge in [-0.2, -0.15) is 4.98 Å². The van der Waals surface area contributed by atoms with Crippen molar-refractivity contribution >= 4 is 38.6 Å². The molecule has 0 atom stereocenters. The van der Waals surface area contributed by atoms with Gasteiger partial charge in [-0.05, 0) is 37.6 Å². The summed E-state index contributed by atoms with van der Waals surface area (Å²) in [5.41, 5.74) is 17.6. The molecule has 4 heterocycles. The van der Waals surface area contributed by atoms with Crippen molar-refractivity contribution in [3.05, 3.63) is 47.3 Å². The second-order valence-electron chi connectivity index (χ2n) is 7.31. The molecule has 0 aliphatic carbocycles. The maximum absolute atomic E-state index is 6.01. The Morgan fingerprint density at radius 1 is 1.06 bits per heavy atom. The molecule has 1 aliphatic heterocycles. The van der Waals surface area contributed by atoms with E-state index in [1.54, 1.807) is 0 Å². The first-order chi connectivity index (χ1) is 14.5. The molecule has 0 bridgehead atoms. The predicted molar refractivity (Wildman–Crippen MR) is 125 cm³/mol. The first-order valence-electron chi connectivity index (χ1n) is 9.62. The van der Waals surface area contributed by atoms with Gasteiger partial charge in [0.2, 0.25) is 5.95 Å². The smallest absolute Gasteiger partial charge is 0.222 e. The van der Waals surface area contributed by atoms with Gasteiger partial charge in [0, 0.05) is 35.1 Å². The second kappa shape index (κ2) is 7.97. The van der Waals surface area contributed by atoms with Crippen LogP contribution in [0.25, 0.3) is 21.5 Å². The van der Waals surface area contributed by atoms with Crippen LogP contribution in [0.1, 0.15) is 16.8 Å². The maximum Gasteiger partial charge on any atom is 0.222 e. The van der Waals surface area contributed by atoms with Crippen molar-refractivity contribution in [1.29, 1.82) is 0 Å². The summed E-state index contributed by atoms with van der Waals surface area (Å²) in [6.07, 6.45) is 1.86. The van der Waals surface area contributed by atoms with E-state index in [1.807, 2.05) is 38.2 Å². The molecule has 160 valence electrons. The van der Waals surface area contributed by atoms with E-state index in [-0.39, 0.29) is 12.1 Å². The van der Waals surface area contributed by atoms with Gasteiger partial charge in [-0.15, -0.1) is 0 Å². The quantitative estimate of drug-likeness (QED) is 0.429. The van der Waals surface area contributed by atoms with Crippen LogP contribution in [0.5, 0.6) is 5.75 Å². The highest BCUT2D eigenvalue weighted by Gasteiger charge is 2.20. The number of hydrogen-bond donors (Lipinski definition) is 3. The van der Waals surface area contributed by atoms with E-state index >= 15 is 0 Å². The number of nitrogens with zero attached hydrogens (tertiary/aromatic N) is 5. The molecule has 0 saturated carbocycles. The monoisotopic (exact) mass is 436 g/mol. The number of rotatable bonds is 2. The summed E-state index contributed by atoms with van der Waals surface area (Å²) in [4.78, 5) is 20.7. The third-order valence-electron chi connectivity index (χ3n) is 5.32. The molecule has 4 aromatic rings. The van der Waals surface area contributed by atoms with Crippen molar-refractivity contribution in [2.45, 2.75) is 20.4 Å². The van der Waals surface area contributed by atoms with Gasteiger partial charge in [-0.3, -0.25) is 0 Å². The summed E-state index contributed by atoms with van der Waals surface area (Å²) in [6.45, 7) is 5.92. The number of thiazole rings is 1. The van der Waals surface area contributed by atoms with E-state index in [0.717, 1.165) is 49.9 Å². The molecule has 3 aromatic heterocycles. The molecule has 0 spiro atoms. The standard InChI is InChI=1S/C21H21N7OS.H3N/c1-11-12(2)25-20(22)27-18(11)28-5-6-29-17-4-3-13(7-15(17)10-28)14-8-16-19(24-9-14)30-21(23)26-16;/h3-4,7-9H,5-6,10H2,1-2H3,(H2,23,26)(H2,22,25,27);1H3. The van der Waals surface area contributed by atoms with E-state index < -0.39 is 0 Å². The van der Waals surface area contributed by atoms with Gasteiger partial charge in [0.15, 0.2) is 5.13 Å². The van der Waals surface area contributed by atoms with Crippen molar-refractivity contribution in [1.82, 2.24) is 26.1 Å². The van der Waals surface area contributed by atoms with E-state index in [2.05, 4.69) is 30.9 Å². The van der Waals surface area contributed by atoms with E-state index in [1.165, 1.54) is 11.3 Å². The highest BCUT2D eigenvalue weighted by Crippen LogP contribution is 2.33. The van der Waals surface area contributed by atoms with E-state index in [9.17, 15) is 0 Å². The lowest BCUT2D eigenvalue weighted by Crippen LogP contribution is -2.27. The third kappa shape index (κ3) is 3.82. The fourth-order valence-electron chi connectivity index (χ4n) is 3.70. The normalized spacial score (nSPS) is 13.3. The van der Waals surface area contributed by atoms with Crippen molar-refractivity contribution in [3.8, 4) is 16.9 Å².